The van der Waals surface area contributed by atoms with Crippen LogP contribution in [0.5, 0.6) is 5.75 Å². The molecule has 172 valence electrons. The summed E-state index contributed by atoms with van der Waals surface area (Å²) in [7, 11) is -1.96. The highest BCUT2D eigenvalue weighted by Gasteiger charge is 2.27. The van der Waals surface area contributed by atoms with E-state index in [0.717, 1.165) is 44.1 Å². The number of carbonyl (C=O) groups excluding carboxylic acids is 1. The standard InChI is InChI=1S/C25H32N2O4S/c1-31-24-14-13-21(32(29,30)27-16-5-2-6-17-27)18-20(24)12-15-25(28)26-23-11-7-9-19-8-3-4-10-22(19)23/h3-4,8,10,13-14,18,23H,2,5-7,9,11-12,15-17H2,1H3,(H,26,28)/t23-/m1/s1. The quantitative estimate of drug-likeness (QED) is 0.683. The van der Waals surface area contributed by atoms with Crippen LogP contribution in [-0.4, -0.2) is 38.8 Å². The molecule has 7 heteroatoms. The SMILES string of the molecule is COc1ccc(S(=O)(=O)N2CCCCC2)cc1CCC(=O)N[C@@H]1CCCc2ccccc21. The number of ether oxygens (including phenoxy) is 1. The summed E-state index contributed by atoms with van der Waals surface area (Å²) in [4.78, 5) is 13.0. The Bertz CT molecular complexity index is 1060. The van der Waals surface area contributed by atoms with Gasteiger partial charge in [0, 0.05) is 19.5 Å². The number of hydrogen-bond donors (Lipinski definition) is 1. The van der Waals surface area contributed by atoms with Gasteiger partial charge in [0.15, 0.2) is 0 Å². The molecule has 0 aromatic heterocycles. The van der Waals surface area contributed by atoms with Crippen molar-refractivity contribution in [3.05, 3.63) is 59.2 Å². The van der Waals surface area contributed by atoms with Gasteiger partial charge in [0.1, 0.15) is 5.75 Å². The second kappa shape index (κ2) is 10.0. The largest absolute Gasteiger partial charge is 0.496 e. The third kappa shape index (κ3) is 4.99. The number of amides is 1. The van der Waals surface area contributed by atoms with Gasteiger partial charge in [0.05, 0.1) is 18.0 Å². The van der Waals surface area contributed by atoms with Crippen molar-refractivity contribution in [1.29, 1.82) is 0 Å². The highest BCUT2D eigenvalue weighted by Crippen LogP contribution is 2.30. The van der Waals surface area contributed by atoms with Crippen molar-refractivity contribution in [2.24, 2.45) is 0 Å². The maximum absolute atomic E-state index is 13.1. The minimum absolute atomic E-state index is 0.0296. The van der Waals surface area contributed by atoms with E-state index in [2.05, 4.69) is 17.4 Å². The van der Waals surface area contributed by atoms with E-state index < -0.39 is 10.0 Å². The fraction of sp³-hybridized carbons (Fsp3) is 0.480. The molecular weight excluding hydrogens is 424 g/mol. The van der Waals surface area contributed by atoms with Crippen LogP contribution in [-0.2, 0) is 27.7 Å². The summed E-state index contributed by atoms with van der Waals surface area (Å²) < 4.78 is 33.1. The average molecular weight is 457 g/mol. The van der Waals surface area contributed by atoms with E-state index in [1.54, 1.807) is 29.6 Å². The van der Waals surface area contributed by atoms with Crippen molar-refractivity contribution in [3.8, 4) is 5.75 Å². The molecule has 1 heterocycles. The van der Waals surface area contributed by atoms with Gasteiger partial charge in [-0.15, -0.1) is 0 Å². The molecule has 1 atom stereocenters. The van der Waals surface area contributed by atoms with Crippen LogP contribution in [0.25, 0.3) is 0 Å². The summed E-state index contributed by atoms with van der Waals surface area (Å²) in [5.74, 6) is 0.580. The van der Waals surface area contributed by atoms with Gasteiger partial charge in [-0.05, 0) is 73.4 Å². The number of hydrogen-bond acceptors (Lipinski definition) is 4. The Kier molecular flexibility index (Phi) is 7.16. The van der Waals surface area contributed by atoms with Crippen LogP contribution in [0.3, 0.4) is 0 Å². The summed E-state index contributed by atoms with van der Waals surface area (Å²) in [6.07, 6.45) is 6.62. The van der Waals surface area contributed by atoms with Crippen LogP contribution in [0.15, 0.2) is 47.4 Å². The topological polar surface area (TPSA) is 75.7 Å². The van der Waals surface area contributed by atoms with E-state index in [9.17, 15) is 13.2 Å². The first kappa shape index (κ1) is 22.8. The van der Waals surface area contributed by atoms with Gasteiger partial charge < -0.3 is 10.1 Å². The van der Waals surface area contributed by atoms with Crippen LogP contribution in [0, 0.1) is 0 Å². The molecule has 0 spiro atoms. The van der Waals surface area contributed by atoms with Crippen LogP contribution in [0.1, 0.15) is 61.3 Å². The van der Waals surface area contributed by atoms with Gasteiger partial charge in [0.2, 0.25) is 15.9 Å². The number of piperidine rings is 1. The number of nitrogens with one attached hydrogen (secondary N) is 1. The summed E-state index contributed by atoms with van der Waals surface area (Å²) in [6, 6.07) is 13.3. The molecule has 2 aromatic carbocycles. The van der Waals surface area contributed by atoms with Crippen molar-refractivity contribution >= 4 is 15.9 Å². The van der Waals surface area contributed by atoms with Crippen molar-refractivity contribution in [2.45, 2.75) is 62.3 Å². The van der Waals surface area contributed by atoms with Gasteiger partial charge in [-0.25, -0.2) is 8.42 Å². The number of methoxy groups -OCH3 is 1. The second-order valence-electron chi connectivity index (χ2n) is 8.65. The number of benzene rings is 2. The van der Waals surface area contributed by atoms with Gasteiger partial charge in [-0.1, -0.05) is 30.7 Å². The molecule has 1 N–H and O–H groups in total. The predicted molar refractivity (Wildman–Crippen MR) is 124 cm³/mol. The Morgan fingerprint density at radius 2 is 1.88 bits per heavy atom. The molecule has 0 saturated carbocycles. The molecular formula is C25H32N2O4S. The third-order valence-electron chi connectivity index (χ3n) is 6.53. The molecule has 0 bridgehead atoms. The summed E-state index contributed by atoms with van der Waals surface area (Å²) >= 11 is 0. The minimum atomic E-state index is -3.53. The molecule has 6 nitrogen and oxygen atoms in total. The van der Waals surface area contributed by atoms with E-state index in [-0.39, 0.29) is 23.3 Å². The molecule has 2 aliphatic rings. The first-order valence-electron chi connectivity index (χ1n) is 11.5. The monoisotopic (exact) mass is 456 g/mol. The lowest BCUT2D eigenvalue weighted by Crippen LogP contribution is -2.35. The van der Waals surface area contributed by atoms with Gasteiger partial charge in [-0.2, -0.15) is 4.31 Å². The van der Waals surface area contributed by atoms with E-state index in [1.165, 1.54) is 11.1 Å². The highest BCUT2D eigenvalue weighted by molar-refractivity contribution is 7.89. The third-order valence-corrected chi connectivity index (χ3v) is 8.43. The molecule has 1 saturated heterocycles. The highest BCUT2D eigenvalue weighted by atomic mass is 32.2. The first-order valence-corrected chi connectivity index (χ1v) is 13.0. The van der Waals surface area contributed by atoms with Crippen molar-refractivity contribution in [2.75, 3.05) is 20.2 Å². The van der Waals surface area contributed by atoms with E-state index in [1.807, 2.05) is 12.1 Å². The van der Waals surface area contributed by atoms with Crippen LogP contribution < -0.4 is 10.1 Å². The molecule has 0 unspecified atom stereocenters. The Labute approximate surface area is 191 Å². The average Bonchev–Trinajstić information content (AvgIpc) is 2.83. The van der Waals surface area contributed by atoms with Gasteiger partial charge in [-0.3, -0.25) is 4.79 Å². The Morgan fingerprint density at radius 1 is 1.09 bits per heavy atom. The fourth-order valence-corrected chi connectivity index (χ4v) is 6.35. The Hall–Kier alpha value is -2.38. The van der Waals surface area contributed by atoms with Gasteiger partial charge in [0.25, 0.3) is 0 Å². The zero-order valence-electron chi connectivity index (χ0n) is 18.7. The maximum Gasteiger partial charge on any atom is 0.243 e. The molecule has 1 fully saturated rings. The fourth-order valence-electron chi connectivity index (χ4n) is 4.78. The molecule has 2 aromatic rings. The van der Waals surface area contributed by atoms with Crippen LogP contribution in [0.4, 0.5) is 0 Å². The Morgan fingerprint density at radius 3 is 2.66 bits per heavy atom. The van der Waals surface area contributed by atoms with Gasteiger partial charge >= 0.3 is 0 Å². The van der Waals surface area contributed by atoms with Crippen molar-refractivity contribution < 1.29 is 17.9 Å². The summed E-state index contributed by atoms with van der Waals surface area (Å²) in [6.45, 7) is 1.13. The zero-order chi connectivity index (χ0) is 22.6. The van der Waals surface area contributed by atoms with Crippen LogP contribution in [0.2, 0.25) is 0 Å². The lowest BCUT2D eigenvalue weighted by atomic mass is 9.87. The van der Waals surface area contributed by atoms with E-state index in [4.69, 9.17) is 4.74 Å². The molecule has 4 rings (SSSR count). The maximum atomic E-state index is 13.1. The molecule has 1 amide bonds. The Balaban J connectivity index is 1.45. The summed E-state index contributed by atoms with van der Waals surface area (Å²) in [5.41, 5.74) is 3.26. The zero-order valence-corrected chi connectivity index (χ0v) is 19.5. The molecule has 32 heavy (non-hydrogen) atoms. The summed E-state index contributed by atoms with van der Waals surface area (Å²) in [5, 5.41) is 3.17. The molecule has 0 radical (unpaired) electrons. The molecule has 1 aliphatic heterocycles. The van der Waals surface area contributed by atoms with Crippen molar-refractivity contribution in [1.82, 2.24) is 9.62 Å². The smallest absolute Gasteiger partial charge is 0.243 e. The second-order valence-corrected chi connectivity index (χ2v) is 10.6. The number of nitrogens with zero attached hydrogens (tertiary/aromatic N) is 1. The predicted octanol–water partition coefficient (Wildman–Crippen LogP) is 4.00. The van der Waals surface area contributed by atoms with Crippen molar-refractivity contribution in [3.63, 3.8) is 0 Å². The lowest BCUT2D eigenvalue weighted by Gasteiger charge is -2.26. The number of rotatable bonds is 7. The van der Waals surface area contributed by atoms with E-state index in [0.29, 0.717) is 25.3 Å². The number of aryl methyl sites for hydroxylation is 2. The van der Waals surface area contributed by atoms with Crippen LogP contribution >= 0.6 is 0 Å². The number of carbonyl (C=O) groups is 1. The molecule has 1 aliphatic carbocycles. The first-order chi connectivity index (χ1) is 15.5. The van der Waals surface area contributed by atoms with E-state index >= 15 is 0 Å². The normalized spacial score (nSPS) is 19.2. The lowest BCUT2D eigenvalue weighted by molar-refractivity contribution is -0.121. The number of sulfonamides is 1. The minimum Gasteiger partial charge on any atom is -0.496 e. The number of fused-ring (bicyclic) bond motifs is 1.